The van der Waals surface area contributed by atoms with E-state index in [0.717, 1.165) is 15.8 Å². The van der Waals surface area contributed by atoms with Crippen molar-refractivity contribution in [1.29, 1.82) is 0 Å². The quantitative estimate of drug-likeness (QED) is 0.822. The van der Waals surface area contributed by atoms with Crippen LogP contribution in [0, 0.1) is 5.92 Å². The minimum absolute atomic E-state index is 0.218. The predicted octanol–water partition coefficient (Wildman–Crippen LogP) is 2.84. The van der Waals surface area contributed by atoms with E-state index in [1.54, 1.807) is 16.8 Å². The van der Waals surface area contributed by atoms with Crippen LogP contribution >= 0.6 is 11.3 Å². The number of aliphatic carboxylic acids is 1. The van der Waals surface area contributed by atoms with Crippen molar-refractivity contribution >= 4 is 33.4 Å². The van der Waals surface area contributed by atoms with Gasteiger partial charge in [0.15, 0.2) is 0 Å². The summed E-state index contributed by atoms with van der Waals surface area (Å²) >= 11 is 1.57. The van der Waals surface area contributed by atoms with Gasteiger partial charge in [0, 0.05) is 6.42 Å². The molecule has 1 aromatic carbocycles. The summed E-state index contributed by atoms with van der Waals surface area (Å²) in [5.74, 6) is -0.985. The van der Waals surface area contributed by atoms with Crippen LogP contribution < -0.4 is 5.32 Å². The number of nitrogens with one attached hydrogen (secondary N) is 1. The van der Waals surface area contributed by atoms with E-state index in [-0.39, 0.29) is 18.2 Å². The topological polar surface area (TPSA) is 79.3 Å². The number of fused-ring (bicyclic) bond motifs is 1. The Labute approximate surface area is 133 Å². The number of carboxylic acid groups (broad SMARTS) is 1. The predicted molar refractivity (Wildman–Crippen MR) is 87.0 cm³/mol. The first kappa shape index (κ1) is 16.4. The number of thiazole rings is 1. The maximum atomic E-state index is 11.9. The minimum Gasteiger partial charge on any atom is -0.480 e. The third-order valence-corrected chi connectivity index (χ3v) is 4.17. The van der Waals surface area contributed by atoms with Crippen molar-refractivity contribution in [3.05, 3.63) is 29.3 Å². The average molecular weight is 320 g/mol. The van der Waals surface area contributed by atoms with Crippen molar-refractivity contribution in [3.63, 3.8) is 0 Å². The zero-order valence-corrected chi connectivity index (χ0v) is 13.5. The van der Waals surface area contributed by atoms with E-state index in [1.165, 1.54) is 0 Å². The van der Waals surface area contributed by atoms with E-state index in [4.69, 9.17) is 5.11 Å². The molecule has 1 heterocycles. The smallest absolute Gasteiger partial charge is 0.326 e. The standard InChI is InChI=1S/C16H20N2O3S/c1-10(2)7-13(16(20)21)18-15(19)6-4-11-3-5-12-14(8-11)22-9-17-12/h3,5,8-10,13H,4,6-7H2,1-2H3,(H,18,19)(H,20,21)/t13-/m0/s1. The molecule has 0 fully saturated rings. The molecule has 5 nitrogen and oxygen atoms in total. The number of nitrogens with zero attached hydrogens (tertiary/aromatic N) is 1. The lowest BCUT2D eigenvalue weighted by atomic mass is 10.0. The van der Waals surface area contributed by atoms with E-state index in [0.29, 0.717) is 12.8 Å². The van der Waals surface area contributed by atoms with Crippen LogP contribution in [-0.4, -0.2) is 28.0 Å². The third-order valence-electron chi connectivity index (χ3n) is 3.38. The molecular formula is C16H20N2O3S. The normalized spacial score (nSPS) is 12.5. The lowest BCUT2D eigenvalue weighted by Gasteiger charge is -2.16. The highest BCUT2D eigenvalue weighted by Gasteiger charge is 2.20. The largest absolute Gasteiger partial charge is 0.480 e. The van der Waals surface area contributed by atoms with Crippen molar-refractivity contribution in [2.45, 2.75) is 39.2 Å². The summed E-state index contributed by atoms with van der Waals surface area (Å²) in [7, 11) is 0. The Kier molecular flexibility index (Phi) is 5.49. The monoisotopic (exact) mass is 320 g/mol. The molecule has 118 valence electrons. The number of hydrogen-bond donors (Lipinski definition) is 2. The molecular weight excluding hydrogens is 300 g/mol. The molecule has 0 bridgehead atoms. The Morgan fingerprint density at radius 3 is 2.82 bits per heavy atom. The third kappa shape index (κ3) is 4.53. The second kappa shape index (κ2) is 7.35. The summed E-state index contributed by atoms with van der Waals surface area (Å²) in [6, 6.07) is 5.12. The Balaban J connectivity index is 1.89. The van der Waals surface area contributed by atoms with Gasteiger partial charge in [-0.3, -0.25) is 4.79 Å². The summed E-state index contributed by atoms with van der Waals surface area (Å²) in [4.78, 5) is 27.3. The Morgan fingerprint density at radius 1 is 1.36 bits per heavy atom. The van der Waals surface area contributed by atoms with Crippen LogP contribution in [0.5, 0.6) is 0 Å². The van der Waals surface area contributed by atoms with E-state index in [9.17, 15) is 9.59 Å². The molecule has 2 N–H and O–H groups in total. The van der Waals surface area contributed by atoms with E-state index in [1.807, 2.05) is 32.0 Å². The van der Waals surface area contributed by atoms with Gasteiger partial charge >= 0.3 is 5.97 Å². The van der Waals surface area contributed by atoms with E-state index >= 15 is 0 Å². The van der Waals surface area contributed by atoms with E-state index < -0.39 is 12.0 Å². The number of carbonyl (C=O) groups excluding carboxylic acids is 1. The molecule has 1 aromatic heterocycles. The van der Waals surface area contributed by atoms with Crippen molar-refractivity contribution in [1.82, 2.24) is 10.3 Å². The van der Waals surface area contributed by atoms with Gasteiger partial charge < -0.3 is 10.4 Å². The molecule has 22 heavy (non-hydrogen) atoms. The lowest BCUT2D eigenvalue weighted by Crippen LogP contribution is -2.41. The van der Waals surface area contributed by atoms with Crippen molar-refractivity contribution in [2.24, 2.45) is 5.92 Å². The number of benzene rings is 1. The van der Waals surface area contributed by atoms with Crippen LogP contribution in [0.25, 0.3) is 10.2 Å². The van der Waals surface area contributed by atoms with E-state index in [2.05, 4.69) is 10.3 Å². The Hall–Kier alpha value is -1.95. The van der Waals surface area contributed by atoms with Gasteiger partial charge in [0.2, 0.25) is 5.91 Å². The SMILES string of the molecule is CC(C)C[C@H](NC(=O)CCc1ccc2ncsc2c1)C(=O)O. The number of carbonyl (C=O) groups is 2. The van der Waals surface area contributed by atoms with Crippen LogP contribution in [0.2, 0.25) is 0 Å². The second-order valence-corrected chi connectivity index (χ2v) is 6.63. The molecule has 0 spiro atoms. The highest BCUT2D eigenvalue weighted by molar-refractivity contribution is 7.16. The van der Waals surface area contributed by atoms with Crippen molar-refractivity contribution in [2.75, 3.05) is 0 Å². The van der Waals surface area contributed by atoms with Gasteiger partial charge in [-0.25, -0.2) is 9.78 Å². The summed E-state index contributed by atoms with van der Waals surface area (Å²) in [6.45, 7) is 3.87. The first-order valence-corrected chi connectivity index (χ1v) is 8.18. The van der Waals surface area contributed by atoms with Gasteiger partial charge in [0.25, 0.3) is 0 Å². The van der Waals surface area contributed by atoms with Gasteiger partial charge in [-0.15, -0.1) is 11.3 Å². The zero-order valence-electron chi connectivity index (χ0n) is 12.7. The summed E-state index contributed by atoms with van der Waals surface area (Å²) in [5.41, 5.74) is 3.81. The minimum atomic E-state index is -0.979. The number of carboxylic acids is 1. The number of aryl methyl sites for hydroxylation is 1. The molecule has 0 radical (unpaired) electrons. The van der Waals surface area contributed by atoms with Gasteiger partial charge in [-0.2, -0.15) is 0 Å². The fourth-order valence-corrected chi connectivity index (χ4v) is 3.01. The Bertz CT molecular complexity index is 666. The Morgan fingerprint density at radius 2 is 2.14 bits per heavy atom. The number of aromatic nitrogens is 1. The van der Waals surface area contributed by atoms with Gasteiger partial charge in [0.05, 0.1) is 15.7 Å². The molecule has 2 aromatic rings. The molecule has 0 saturated heterocycles. The van der Waals surface area contributed by atoms with Crippen LogP contribution in [0.4, 0.5) is 0 Å². The maximum absolute atomic E-state index is 11.9. The van der Waals surface area contributed by atoms with Crippen LogP contribution in [0.3, 0.4) is 0 Å². The molecule has 1 amide bonds. The maximum Gasteiger partial charge on any atom is 0.326 e. The fraction of sp³-hybridized carbons (Fsp3) is 0.438. The van der Waals surface area contributed by atoms with Gasteiger partial charge in [0.1, 0.15) is 6.04 Å². The van der Waals surface area contributed by atoms with Gasteiger partial charge in [-0.05, 0) is 36.5 Å². The van der Waals surface area contributed by atoms with Crippen LogP contribution in [0.15, 0.2) is 23.7 Å². The summed E-state index contributed by atoms with van der Waals surface area (Å²) in [6.07, 6.45) is 1.31. The number of hydrogen-bond acceptors (Lipinski definition) is 4. The molecule has 2 rings (SSSR count). The molecule has 0 aliphatic rings. The first-order valence-electron chi connectivity index (χ1n) is 7.30. The molecule has 0 aliphatic carbocycles. The number of amides is 1. The molecule has 6 heteroatoms. The number of rotatable bonds is 7. The highest BCUT2D eigenvalue weighted by Crippen LogP contribution is 2.19. The van der Waals surface area contributed by atoms with Crippen LogP contribution in [-0.2, 0) is 16.0 Å². The second-order valence-electron chi connectivity index (χ2n) is 5.74. The molecule has 0 aliphatic heterocycles. The average Bonchev–Trinajstić information content (AvgIpc) is 2.91. The first-order chi connectivity index (χ1) is 10.5. The van der Waals surface area contributed by atoms with Crippen molar-refractivity contribution < 1.29 is 14.7 Å². The highest BCUT2D eigenvalue weighted by atomic mass is 32.1. The molecule has 1 atom stereocenters. The van der Waals surface area contributed by atoms with Crippen LogP contribution in [0.1, 0.15) is 32.3 Å². The molecule has 0 unspecified atom stereocenters. The lowest BCUT2D eigenvalue weighted by molar-refractivity contribution is -0.142. The molecule has 0 saturated carbocycles. The fourth-order valence-electron chi connectivity index (χ4n) is 2.27. The van der Waals surface area contributed by atoms with Gasteiger partial charge in [-0.1, -0.05) is 19.9 Å². The summed E-state index contributed by atoms with van der Waals surface area (Å²) in [5, 5.41) is 11.7. The zero-order chi connectivity index (χ0) is 16.1. The summed E-state index contributed by atoms with van der Waals surface area (Å²) < 4.78 is 1.10. The van der Waals surface area contributed by atoms with Crippen molar-refractivity contribution in [3.8, 4) is 0 Å².